The number of anilines is 1. The van der Waals surface area contributed by atoms with Crippen LogP contribution in [0.15, 0.2) is 18.3 Å². The lowest BCUT2D eigenvalue weighted by molar-refractivity contribution is 0.0600. The van der Waals surface area contributed by atoms with Gasteiger partial charge in [0.05, 0.1) is 19.3 Å². The monoisotopic (exact) mass is 264 g/mol. The van der Waals surface area contributed by atoms with Crippen molar-refractivity contribution in [1.82, 2.24) is 4.98 Å². The van der Waals surface area contributed by atoms with E-state index in [0.717, 1.165) is 31.9 Å². The Labute approximate surface area is 113 Å². The van der Waals surface area contributed by atoms with E-state index in [-0.39, 0.29) is 5.97 Å². The predicted octanol–water partition coefficient (Wildman–Crippen LogP) is 1.73. The van der Waals surface area contributed by atoms with Crippen LogP contribution in [0.1, 0.15) is 23.2 Å². The van der Waals surface area contributed by atoms with Crippen molar-refractivity contribution in [2.75, 3.05) is 38.8 Å². The molecule has 0 spiro atoms. The van der Waals surface area contributed by atoms with Gasteiger partial charge in [-0.05, 0) is 30.9 Å². The summed E-state index contributed by atoms with van der Waals surface area (Å²) in [5, 5.41) is 0. The average Bonchev–Trinajstić information content (AvgIpc) is 2.47. The normalized spacial score (nSPS) is 19.3. The van der Waals surface area contributed by atoms with Gasteiger partial charge in [0.1, 0.15) is 5.82 Å². The second-order valence-electron chi connectivity index (χ2n) is 4.80. The molecule has 1 atom stereocenters. The smallest absolute Gasteiger partial charge is 0.338 e. The second-order valence-corrected chi connectivity index (χ2v) is 4.80. The van der Waals surface area contributed by atoms with Gasteiger partial charge in [-0.25, -0.2) is 9.78 Å². The van der Waals surface area contributed by atoms with Crippen LogP contribution >= 0.6 is 0 Å². The number of rotatable bonds is 4. The van der Waals surface area contributed by atoms with Crippen molar-refractivity contribution < 1.29 is 14.3 Å². The highest BCUT2D eigenvalue weighted by molar-refractivity contribution is 5.90. The number of carbonyl (C=O) groups excluding carboxylic acids is 1. The topological polar surface area (TPSA) is 51.7 Å². The summed E-state index contributed by atoms with van der Waals surface area (Å²) in [7, 11) is 3.12. The summed E-state index contributed by atoms with van der Waals surface area (Å²) in [5.41, 5.74) is 0.543. The number of piperidine rings is 1. The summed E-state index contributed by atoms with van der Waals surface area (Å²) in [4.78, 5) is 18.1. The van der Waals surface area contributed by atoms with E-state index >= 15 is 0 Å². The van der Waals surface area contributed by atoms with Crippen LogP contribution in [0, 0.1) is 5.92 Å². The van der Waals surface area contributed by atoms with E-state index in [0.29, 0.717) is 11.5 Å². The predicted molar refractivity (Wildman–Crippen MR) is 72.4 cm³/mol. The fourth-order valence-electron chi connectivity index (χ4n) is 2.48. The molecule has 5 heteroatoms. The van der Waals surface area contributed by atoms with E-state index < -0.39 is 0 Å². The molecule has 1 saturated heterocycles. The third-order valence-electron chi connectivity index (χ3n) is 3.41. The summed E-state index contributed by atoms with van der Waals surface area (Å²) in [5.74, 6) is 1.04. The van der Waals surface area contributed by atoms with E-state index in [2.05, 4.69) is 9.88 Å². The Morgan fingerprint density at radius 2 is 2.37 bits per heavy atom. The molecule has 1 unspecified atom stereocenters. The van der Waals surface area contributed by atoms with Gasteiger partial charge in [0.2, 0.25) is 0 Å². The number of carbonyl (C=O) groups is 1. The van der Waals surface area contributed by atoms with Crippen LogP contribution in [0.25, 0.3) is 0 Å². The molecule has 1 aliphatic heterocycles. The Morgan fingerprint density at radius 3 is 3.11 bits per heavy atom. The molecule has 0 aromatic carbocycles. The fraction of sp³-hybridized carbons (Fsp3) is 0.571. The van der Waals surface area contributed by atoms with Crippen LogP contribution in [0.4, 0.5) is 5.82 Å². The van der Waals surface area contributed by atoms with Gasteiger partial charge in [-0.15, -0.1) is 0 Å². The zero-order chi connectivity index (χ0) is 13.7. The first-order valence-corrected chi connectivity index (χ1v) is 6.53. The van der Waals surface area contributed by atoms with Crippen molar-refractivity contribution in [3.05, 3.63) is 23.9 Å². The van der Waals surface area contributed by atoms with Crippen molar-refractivity contribution >= 4 is 11.8 Å². The summed E-state index contributed by atoms with van der Waals surface area (Å²) in [6.07, 6.45) is 3.96. The zero-order valence-electron chi connectivity index (χ0n) is 11.5. The van der Waals surface area contributed by atoms with Crippen molar-refractivity contribution in [2.45, 2.75) is 12.8 Å². The number of esters is 1. The van der Waals surface area contributed by atoms with Gasteiger partial charge in [-0.2, -0.15) is 0 Å². The van der Waals surface area contributed by atoms with Gasteiger partial charge in [0.15, 0.2) is 0 Å². The summed E-state index contributed by atoms with van der Waals surface area (Å²) in [6.45, 7) is 2.66. The van der Waals surface area contributed by atoms with E-state index in [1.54, 1.807) is 25.4 Å². The van der Waals surface area contributed by atoms with Gasteiger partial charge in [-0.1, -0.05) is 0 Å². The summed E-state index contributed by atoms with van der Waals surface area (Å²) < 4.78 is 9.96. The molecule has 1 aromatic heterocycles. The van der Waals surface area contributed by atoms with Crippen molar-refractivity contribution in [3.63, 3.8) is 0 Å². The quantitative estimate of drug-likeness (QED) is 0.775. The second kappa shape index (κ2) is 6.52. The minimum absolute atomic E-state index is 0.325. The molecule has 19 heavy (non-hydrogen) atoms. The lowest BCUT2D eigenvalue weighted by atomic mass is 9.99. The standard InChI is InChI=1S/C14H20N2O3/c1-18-10-11-4-3-7-16(9-11)13-8-12(5-6-15-13)14(17)19-2/h5-6,8,11H,3-4,7,9-10H2,1-2H3. The van der Waals surface area contributed by atoms with Crippen LogP contribution in [0.5, 0.6) is 0 Å². The Bertz CT molecular complexity index is 434. The average molecular weight is 264 g/mol. The number of nitrogens with zero attached hydrogens (tertiary/aromatic N) is 2. The maximum Gasteiger partial charge on any atom is 0.338 e. The van der Waals surface area contributed by atoms with Crippen LogP contribution < -0.4 is 4.90 Å². The van der Waals surface area contributed by atoms with Crippen molar-refractivity contribution in [1.29, 1.82) is 0 Å². The van der Waals surface area contributed by atoms with Crippen LogP contribution in [0.2, 0.25) is 0 Å². The van der Waals surface area contributed by atoms with E-state index in [1.165, 1.54) is 13.5 Å². The molecule has 1 aromatic rings. The Kier molecular flexibility index (Phi) is 4.74. The molecule has 5 nitrogen and oxygen atoms in total. The van der Waals surface area contributed by atoms with Crippen LogP contribution in [-0.4, -0.2) is 44.9 Å². The number of methoxy groups -OCH3 is 2. The number of hydrogen-bond donors (Lipinski definition) is 0. The number of aromatic nitrogens is 1. The van der Waals surface area contributed by atoms with E-state index in [4.69, 9.17) is 9.47 Å². The number of ether oxygens (including phenoxy) is 2. The number of pyridine rings is 1. The molecule has 2 rings (SSSR count). The third kappa shape index (κ3) is 3.44. The molecule has 0 amide bonds. The molecule has 2 heterocycles. The minimum atomic E-state index is -0.325. The van der Waals surface area contributed by atoms with E-state index in [9.17, 15) is 4.79 Å². The molecule has 0 N–H and O–H groups in total. The highest BCUT2D eigenvalue weighted by Gasteiger charge is 2.21. The number of hydrogen-bond acceptors (Lipinski definition) is 5. The molecule has 104 valence electrons. The Morgan fingerprint density at radius 1 is 1.53 bits per heavy atom. The molecule has 0 radical (unpaired) electrons. The zero-order valence-corrected chi connectivity index (χ0v) is 11.5. The summed E-state index contributed by atoms with van der Waals surface area (Å²) in [6, 6.07) is 3.47. The van der Waals surface area contributed by atoms with Crippen molar-refractivity contribution in [3.8, 4) is 0 Å². The SMILES string of the molecule is COCC1CCCN(c2cc(C(=O)OC)ccn2)C1. The van der Waals surface area contributed by atoms with Crippen LogP contribution in [-0.2, 0) is 9.47 Å². The third-order valence-corrected chi connectivity index (χ3v) is 3.41. The fourth-order valence-corrected chi connectivity index (χ4v) is 2.48. The first-order chi connectivity index (χ1) is 9.24. The molecule has 0 bridgehead atoms. The lowest BCUT2D eigenvalue weighted by Crippen LogP contribution is -2.37. The van der Waals surface area contributed by atoms with Gasteiger partial charge in [-0.3, -0.25) is 0 Å². The van der Waals surface area contributed by atoms with Gasteiger partial charge >= 0.3 is 5.97 Å². The Hall–Kier alpha value is -1.62. The molecule has 1 fully saturated rings. The minimum Gasteiger partial charge on any atom is -0.465 e. The Balaban J connectivity index is 2.10. The molecule has 1 aliphatic rings. The van der Waals surface area contributed by atoms with Crippen molar-refractivity contribution in [2.24, 2.45) is 5.92 Å². The highest BCUT2D eigenvalue weighted by Crippen LogP contribution is 2.22. The summed E-state index contributed by atoms with van der Waals surface area (Å²) >= 11 is 0. The van der Waals surface area contributed by atoms with Gasteiger partial charge in [0, 0.05) is 26.4 Å². The van der Waals surface area contributed by atoms with Gasteiger partial charge in [0.25, 0.3) is 0 Å². The maximum absolute atomic E-state index is 11.5. The first kappa shape index (κ1) is 13.8. The molecule has 0 aliphatic carbocycles. The van der Waals surface area contributed by atoms with E-state index in [1.807, 2.05) is 0 Å². The van der Waals surface area contributed by atoms with Crippen LogP contribution in [0.3, 0.4) is 0 Å². The molecule has 0 saturated carbocycles. The largest absolute Gasteiger partial charge is 0.465 e. The maximum atomic E-state index is 11.5. The molecular formula is C14H20N2O3. The lowest BCUT2D eigenvalue weighted by Gasteiger charge is -2.33. The first-order valence-electron chi connectivity index (χ1n) is 6.53. The van der Waals surface area contributed by atoms with Gasteiger partial charge < -0.3 is 14.4 Å². The highest BCUT2D eigenvalue weighted by atomic mass is 16.5. The molecular weight excluding hydrogens is 244 g/mol.